The van der Waals surface area contributed by atoms with Crippen molar-refractivity contribution >= 4 is 11.4 Å². The Morgan fingerprint density at radius 1 is 0.938 bits per heavy atom. The Morgan fingerprint density at radius 2 is 1.56 bits per heavy atom. The van der Waals surface area contributed by atoms with E-state index in [0.29, 0.717) is 16.2 Å². The molecule has 0 unspecified atom stereocenters. The molecule has 0 aliphatic carbocycles. The Morgan fingerprint density at radius 3 is 2.25 bits per heavy atom. The van der Waals surface area contributed by atoms with E-state index in [1.807, 2.05) is 49.4 Å². The van der Waals surface area contributed by atoms with Crippen molar-refractivity contribution in [1.82, 2.24) is 0 Å². The van der Waals surface area contributed by atoms with Crippen LogP contribution in [-0.4, -0.2) is 4.86 Å². The lowest BCUT2D eigenvalue weighted by Crippen LogP contribution is -1.90. The zero-order valence-corrected chi connectivity index (χ0v) is 9.00. The number of para-hydroxylation sites is 1. The van der Waals surface area contributed by atoms with Gasteiger partial charge in [0.15, 0.2) is 0 Å². The summed E-state index contributed by atoms with van der Waals surface area (Å²) >= 11 is 0. The number of benzene rings is 2. The molecule has 0 N–H and O–H groups in total. The third-order valence-corrected chi connectivity index (χ3v) is 2.29. The lowest BCUT2D eigenvalue weighted by Gasteiger charge is -2.00. The van der Waals surface area contributed by atoms with Gasteiger partial charge in [0, 0.05) is 17.2 Å². The van der Waals surface area contributed by atoms with Gasteiger partial charge in [-0.2, -0.15) is 0 Å². The van der Waals surface area contributed by atoms with Crippen LogP contribution in [0.1, 0.15) is 5.56 Å². The van der Waals surface area contributed by atoms with Gasteiger partial charge in [0.05, 0.1) is 0 Å². The second kappa shape index (κ2) is 4.57. The van der Waals surface area contributed by atoms with E-state index in [-0.39, 0.29) is 0 Å². The van der Waals surface area contributed by atoms with Gasteiger partial charge in [0.25, 0.3) is 0 Å². The minimum absolute atomic E-state index is 0.533. The normalized spacial score (nSPS) is 11.4. The summed E-state index contributed by atoms with van der Waals surface area (Å²) in [5.41, 5.74) is 2.21. The van der Waals surface area contributed by atoms with Crippen molar-refractivity contribution in [2.45, 2.75) is 6.92 Å². The van der Waals surface area contributed by atoms with E-state index in [2.05, 4.69) is 5.11 Å². The average molecular weight is 212 g/mol. The molecule has 0 atom stereocenters. The van der Waals surface area contributed by atoms with Crippen LogP contribution in [0.2, 0.25) is 0 Å². The Bertz CT molecular complexity index is 506. The lowest BCUT2D eigenvalue weighted by atomic mass is 10.2. The molecule has 0 fully saturated rings. The second-order valence-corrected chi connectivity index (χ2v) is 3.49. The number of hydrogen-bond acceptors (Lipinski definition) is 2. The third-order valence-electron chi connectivity index (χ3n) is 2.29. The van der Waals surface area contributed by atoms with Gasteiger partial charge in [-0.3, -0.25) is 0 Å². The molecule has 0 aliphatic rings. The van der Waals surface area contributed by atoms with Crippen molar-refractivity contribution in [3.05, 3.63) is 65.4 Å². The van der Waals surface area contributed by atoms with Gasteiger partial charge in [-0.15, -0.1) is 0 Å². The van der Waals surface area contributed by atoms with Crippen LogP contribution in [0.3, 0.4) is 0 Å². The maximum atomic E-state index is 11.7. The Balaban J connectivity index is 2.36. The Labute approximate surface area is 94.3 Å². The molecule has 0 saturated heterocycles. The van der Waals surface area contributed by atoms with Crippen LogP contribution in [0.15, 0.2) is 59.7 Å². The van der Waals surface area contributed by atoms with E-state index >= 15 is 0 Å². The predicted molar refractivity (Wildman–Crippen MR) is 63.0 cm³/mol. The van der Waals surface area contributed by atoms with Gasteiger partial charge in [-0.1, -0.05) is 41.3 Å². The Kier molecular flexibility index (Phi) is 2.96. The van der Waals surface area contributed by atoms with E-state index in [9.17, 15) is 5.21 Å². The van der Waals surface area contributed by atoms with E-state index in [1.165, 1.54) is 0 Å². The largest absolute Gasteiger partial charge is 0.594 e. The summed E-state index contributed by atoms with van der Waals surface area (Å²) < 4.78 is 0. The highest BCUT2D eigenvalue weighted by molar-refractivity contribution is 5.43. The molecular weight excluding hydrogens is 200 g/mol. The molecule has 16 heavy (non-hydrogen) atoms. The summed E-state index contributed by atoms with van der Waals surface area (Å²) in [5.74, 6) is 0. The molecule has 0 bridgehead atoms. The average Bonchev–Trinajstić information content (AvgIpc) is 2.33. The molecule has 0 aliphatic heterocycles. The number of hydrogen-bond donors (Lipinski definition) is 0. The van der Waals surface area contributed by atoms with Crippen LogP contribution in [-0.2, 0) is 0 Å². The van der Waals surface area contributed by atoms with Gasteiger partial charge >= 0.3 is 0 Å². The van der Waals surface area contributed by atoms with Crippen molar-refractivity contribution in [3.8, 4) is 0 Å². The summed E-state index contributed by atoms with van der Waals surface area (Å²) in [6.07, 6.45) is 0. The third kappa shape index (κ3) is 2.25. The fourth-order valence-electron chi connectivity index (χ4n) is 1.39. The van der Waals surface area contributed by atoms with Gasteiger partial charge in [0.2, 0.25) is 5.69 Å². The molecule has 3 heteroatoms. The first-order valence-electron chi connectivity index (χ1n) is 5.07. The van der Waals surface area contributed by atoms with Gasteiger partial charge in [0.1, 0.15) is 5.69 Å². The summed E-state index contributed by atoms with van der Waals surface area (Å²) in [6.45, 7) is 1.93. The minimum Gasteiger partial charge on any atom is -0.594 e. The zero-order valence-electron chi connectivity index (χ0n) is 9.00. The fraction of sp³-hybridized carbons (Fsp3) is 0.0769. The molecule has 0 aromatic heterocycles. The first-order valence-corrected chi connectivity index (χ1v) is 5.07. The molecule has 2 rings (SSSR count). The van der Waals surface area contributed by atoms with E-state index < -0.39 is 0 Å². The van der Waals surface area contributed by atoms with Crippen LogP contribution in [0.25, 0.3) is 0 Å². The summed E-state index contributed by atoms with van der Waals surface area (Å²) in [5, 5.41) is 15.7. The van der Waals surface area contributed by atoms with Crippen LogP contribution in [0.4, 0.5) is 11.4 Å². The van der Waals surface area contributed by atoms with Crippen molar-refractivity contribution in [2.24, 2.45) is 5.11 Å². The molecule has 0 heterocycles. The zero-order chi connectivity index (χ0) is 11.4. The Hall–Kier alpha value is -2.16. The summed E-state index contributed by atoms with van der Waals surface area (Å²) in [6, 6.07) is 16.5. The quantitative estimate of drug-likeness (QED) is 0.422. The van der Waals surface area contributed by atoms with Crippen molar-refractivity contribution in [1.29, 1.82) is 0 Å². The predicted octanol–water partition coefficient (Wildman–Crippen LogP) is 3.92. The molecule has 3 nitrogen and oxygen atoms in total. The smallest absolute Gasteiger partial charge is 0.244 e. The van der Waals surface area contributed by atoms with Gasteiger partial charge in [-0.25, -0.2) is 0 Å². The van der Waals surface area contributed by atoms with Crippen LogP contribution in [0, 0.1) is 12.1 Å². The first-order chi connectivity index (χ1) is 7.77. The van der Waals surface area contributed by atoms with Gasteiger partial charge < -0.3 is 5.21 Å². The van der Waals surface area contributed by atoms with E-state index in [0.717, 1.165) is 5.56 Å². The van der Waals surface area contributed by atoms with E-state index in [4.69, 9.17) is 0 Å². The molecule has 2 aromatic rings. The monoisotopic (exact) mass is 212 g/mol. The van der Waals surface area contributed by atoms with Gasteiger partial charge in [-0.05, 0) is 18.6 Å². The fourth-order valence-corrected chi connectivity index (χ4v) is 1.39. The maximum absolute atomic E-state index is 11.7. The molecule has 0 saturated carbocycles. The van der Waals surface area contributed by atoms with Crippen LogP contribution < -0.4 is 0 Å². The summed E-state index contributed by atoms with van der Waals surface area (Å²) in [4.78, 5) is 0.641. The highest BCUT2D eigenvalue weighted by atomic mass is 16.5. The highest BCUT2D eigenvalue weighted by Gasteiger charge is 2.03. The van der Waals surface area contributed by atoms with Crippen molar-refractivity contribution < 1.29 is 4.86 Å². The SMILES string of the molecule is Cc1ccccc1N=[N+]([O-])c1ccccc1. The maximum Gasteiger partial charge on any atom is 0.244 e. The highest BCUT2D eigenvalue weighted by Crippen LogP contribution is 2.20. The van der Waals surface area contributed by atoms with Crippen molar-refractivity contribution in [3.63, 3.8) is 0 Å². The number of rotatable bonds is 2. The molecule has 0 radical (unpaired) electrons. The molecule has 0 amide bonds. The minimum atomic E-state index is 0.533. The van der Waals surface area contributed by atoms with E-state index in [1.54, 1.807) is 12.1 Å². The summed E-state index contributed by atoms with van der Waals surface area (Å²) in [7, 11) is 0. The topological polar surface area (TPSA) is 38.4 Å². The van der Waals surface area contributed by atoms with Crippen LogP contribution in [0.5, 0.6) is 0 Å². The second-order valence-electron chi connectivity index (χ2n) is 3.49. The number of nitrogens with zero attached hydrogens (tertiary/aromatic N) is 2. The molecular formula is C13H12N2O. The lowest BCUT2D eigenvalue weighted by molar-refractivity contribution is -0.435. The first kappa shape index (κ1) is 10.4. The number of azo groups is 1. The molecule has 0 spiro atoms. The molecule has 2 aromatic carbocycles. The van der Waals surface area contributed by atoms with Crippen LogP contribution >= 0.6 is 0 Å². The standard InChI is InChI=1S/C13H12N2O/c1-11-7-5-6-10-13(11)14-15(16)12-8-3-2-4-9-12/h2-10H,1H3. The van der Waals surface area contributed by atoms with Crippen molar-refractivity contribution in [2.75, 3.05) is 0 Å². The molecule has 80 valence electrons. The number of aryl methyl sites for hydroxylation is 1.